The van der Waals surface area contributed by atoms with Crippen molar-refractivity contribution in [1.82, 2.24) is 5.43 Å². The summed E-state index contributed by atoms with van der Waals surface area (Å²) in [5.74, 6) is -0.731. The molecule has 0 aliphatic heterocycles. The SMILES string of the molecule is CCOc1cc(/C=N\NC(=O)c2cccc(Cl)c2)cc(I)c1OCC(=O)O. The number of halogens is 2. The molecule has 0 aliphatic carbocycles. The lowest BCUT2D eigenvalue weighted by Crippen LogP contribution is -2.17. The van der Waals surface area contributed by atoms with Crippen molar-refractivity contribution in [2.45, 2.75) is 6.92 Å². The van der Waals surface area contributed by atoms with E-state index in [2.05, 4.69) is 10.5 Å². The molecule has 0 saturated carbocycles. The van der Waals surface area contributed by atoms with Gasteiger partial charge in [0.2, 0.25) is 0 Å². The van der Waals surface area contributed by atoms with Crippen LogP contribution in [0.25, 0.3) is 0 Å². The molecule has 0 aliphatic rings. The number of nitrogens with one attached hydrogen (secondary N) is 1. The van der Waals surface area contributed by atoms with Gasteiger partial charge in [0.15, 0.2) is 18.1 Å². The minimum Gasteiger partial charge on any atom is -0.490 e. The Bertz CT molecular complexity index is 873. The Morgan fingerprint density at radius 3 is 2.74 bits per heavy atom. The molecule has 2 rings (SSSR count). The van der Waals surface area contributed by atoms with Gasteiger partial charge < -0.3 is 14.6 Å². The predicted octanol–water partition coefficient (Wildman–Crippen LogP) is 3.57. The summed E-state index contributed by atoms with van der Waals surface area (Å²) in [6.07, 6.45) is 1.45. The number of carbonyl (C=O) groups is 2. The average molecular weight is 503 g/mol. The van der Waals surface area contributed by atoms with Crippen LogP contribution in [0.5, 0.6) is 11.5 Å². The number of hydrazone groups is 1. The maximum atomic E-state index is 12.0. The van der Waals surface area contributed by atoms with E-state index in [1.807, 2.05) is 22.6 Å². The van der Waals surface area contributed by atoms with Crippen LogP contribution in [0.1, 0.15) is 22.8 Å². The summed E-state index contributed by atoms with van der Waals surface area (Å²) in [4.78, 5) is 22.8. The Morgan fingerprint density at radius 2 is 2.07 bits per heavy atom. The van der Waals surface area contributed by atoms with E-state index in [0.29, 0.717) is 37.8 Å². The van der Waals surface area contributed by atoms with Gasteiger partial charge in [0.05, 0.1) is 16.4 Å². The third kappa shape index (κ3) is 6.40. The summed E-state index contributed by atoms with van der Waals surface area (Å²) in [6, 6.07) is 9.89. The van der Waals surface area contributed by atoms with Crippen molar-refractivity contribution in [2.24, 2.45) is 5.10 Å². The summed E-state index contributed by atoms with van der Waals surface area (Å²) < 4.78 is 11.5. The van der Waals surface area contributed by atoms with E-state index in [-0.39, 0.29) is 0 Å². The van der Waals surface area contributed by atoms with Crippen LogP contribution in [0, 0.1) is 3.57 Å². The summed E-state index contributed by atoms with van der Waals surface area (Å²) in [6.45, 7) is 1.71. The second-order valence-corrected chi connectivity index (χ2v) is 6.75. The zero-order valence-corrected chi connectivity index (χ0v) is 17.2. The van der Waals surface area contributed by atoms with E-state index in [4.69, 9.17) is 26.2 Å². The molecule has 0 fully saturated rings. The molecule has 9 heteroatoms. The molecule has 0 atom stereocenters. The molecule has 0 heterocycles. The molecule has 7 nitrogen and oxygen atoms in total. The zero-order chi connectivity index (χ0) is 19.8. The van der Waals surface area contributed by atoms with Crippen LogP contribution in [0.3, 0.4) is 0 Å². The summed E-state index contributed by atoms with van der Waals surface area (Å²) in [5, 5.41) is 13.2. The summed E-state index contributed by atoms with van der Waals surface area (Å²) in [7, 11) is 0. The monoisotopic (exact) mass is 502 g/mol. The number of ether oxygens (including phenoxy) is 2. The molecule has 0 bridgehead atoms. The van der Waals surface area contributed by atoms with Gasteiger partial charge in [-0.25, -0.2) is 10.2 Å². The Balaban J connectivity index is 2.14. The first-order valence-corrected chi connectivity index (χ1v) is 9.26. The van der Waals surface area contributed by atoms with Crippen LogP contribution < -0.4 is 14.9 Å². The smallest absolute Gasteiger partial charge is 0.341 e. The number of amides is 1. The number of carboxylic acid groups (broad SMARTS) is 1. The van der Waals surface area contributed by atoms with Crippen LogP contribution in [0.4, 0.5) is 0 Å². The van der Waals surface area contributed by atoms with Gasteiger partial charge in [-0.3, -0.25) is 4.79 Å². The number of hydrogen-bond donors (Lipinski definition) is 2. The third-order valence-corrected chi connectivity index (χ3v) is 4.17. The molecular weight excluding hydrogens is 487 g/mol. The molecular formula is C18H16ClIN2O5. The van der Waals surface area contributed by atoms with Crippen LogP contribution in [0.2, 0.25) is 5.02 Å². The van der Waals surface area contributed by atoms with E-state index in [0.717, 1.165) is 0 Å². The fraction of sp³-hybridized carbons (Fsp3) is 0.167. The van der Waals surface area contributed by atoms with Crippen LogP contribution >= 0.6 is 34.2 Å². The minimum absolute atomic E-state index is 0.347. The van der Waals surface area contributed by atoms with Crippen LogP contribution in [-0.4, -0.2) is 36.4 Å². The number of rotatable bonds is 8. The van der Waals surface area contributed by atoms with Crippen molar-refractivity contribution in [1.29, 1.82) is 0 Å². The maximum absolute atomic E-state index is 12.0. The molecule has 2 aromatic carbocycles. The highest BCUT2D eigenvalue weighted by atomic mass is 127. The number of hydrogen-bond acceptors (Lipinski definition) is 5. The largest absolute Gasteiger partial charge is 0.490 e. The standard InChI is InChI=1S/C18H16ClIN2O5/c1-2-26-15-7-11(6-14(20)17(15)27-10-16(23)24)9-21-22-18(25)12-4-3-5-13(19)8-12/h3-9H,2,10H2,1H3,(H,22,25)(H,23,24)/b21-9-. The highest BCUT2D eigenvalue weighted by Gasteiger charge is 2.13. The van der Waals surface area contributed by atoms with E-state index in [9.17, 15) is 9.59 Å². The molecule has 2 N–H and O–H groups in total. The van der Waals surface area contributed by atoms with E-state index < -0.39 is 18.5 Å². The van der Waals surface area contributed by atoms with E-state index in [1.165, 1.54) is 12.3 Å². The van der Waals surface area contributed by atoms with Crippen molar-refractivity contribution in [3.05, 3.63) is 56.1 Å². The molecule has 2 aromatic rings. The van der Waals surface area contributed by atoms with E-state index >= 15 is 0 Å². The Morgan fingerprint density at radius 1 is 1.30 bits per heavy atom. The van der Waals surface area contributed by atoms with Gasteiger partial charge in [-0.05, 0) is 65.4 Å². The van der Waals surface area contributed by atoms with Gasteiger partial charge in [-0.15, -0.1) is 0 Å². The number of benzene rings is 2. The van der Waals surface area contributed by atoms with Crippen molar-refractivity contribution in [3.8, 4) is 11.5 Å². The fourth-order valence-electron chi connectivity index (χ4n) is 2.06. The van der Waals surface area contributed by atoms with Crippen LogP contribution in [0.15, 0.2) is 41.5 Å². The van der Waals surface area contributed by atoms with Gasteiger partial charge in [0.25, 0.3) is 5.91 Å². The van der Waals surface area contributed by atoms with Gasteiger partial charge in [-0.1, -0.05) is 17.7 Å². The summed E-state index contributed by atoms with van der Waals surface area (Å²) in [5.41, 5.74) is 3.46. The Kier molecular flexibility index (Phi) is 7.86. The number of carboxylic acids is 1. The van der Waals surface area contributed by atoms with E-state index in [1.54, 1.807) is 37.3 Å². The molecule has 0 aromatic heterocycles. The first-order valence-electron chi connectivity index (χ1n) is 7.80. The lowest BCUT2D eigenvalue weighted by atomic mass is 10.2. The maximum Gasteiger partial charge on any atom is 0.341 e. The molecule has 142 valence electrons. The lowest BCUT2D eigenvalue weighted by molar-refractivity contribution is -0.139. The number of carbonyl (C=O) groups excluding carboxylic acids is 1. The molecule has 0 unspecified atom stereocenters. The lowest BCUT2D eigenvalue weighted by Gasteiger charge is -2.13. The second-order valence-electron chi connectivity index (χ2n) is 5.15. The minimum atomic E-state index is -1.08. The van der Waals surface area contributed by atoms with Crippen molar-refractivity contribution in [3.63, 3.8) is 0 Å². The molecule has 0 spiro atoms. The topological polar surface area (TPSA) is 97.2 Å². The third-order valence-electron chi connectivity index (χ3n) is 3.14. The Hall–Kier alpha value is -2.33. The van der Waals surface area contributed by atoms with Crippen LogP contribution in [-0.2, 0) is 4.79 Å². The number of aliphatic carboxylic acids is 1. The molecule has 1 amide bonds. The van der Waals surface area contributed by atoms with Gasteiger partial charge in [0, 0.05) is 10.6 Å². The normalized spacial score (nSPS) is 10.6. The number of nitrogens with zero attached hydrogens (tertiary/aromatic N) is 1. The highest BCUT2D eigenvalue weighted by Crippen LogP contribution is 2.33. The predicted molar refractivity (Wildman–Crippen MR) is 110 cm³/mol. The van der Waals surface area contributed by atoms with Gasteiger partial charge in [0.1, 0.15) is 0 Å². The van der Waals surface area contributed by atoms with Crippen molar-refractivity contribution >= 4 is 52.3 Å². The zero-order valence-electron chi connectivity index (χ0n) is 14.2. The molecule has 0 saturated heterocycles. The second kappa shape index (κ2) is 10.1. The first-order chi connectivity index (χ1) is 12.9. The summed E-state index contributed by atoms with van der Waals surface area (Å²) >= 11 is 7.88. The average Bonchev–Trinajstić information content (AvgIpc) is 2.61. The van der Waals surface area contributed by atoms with Crippen molar-refractivity contribution in [2.75, 3.05) is 13.2 Å². The Labute approximate surface area is 174 Å². The van der Waals surface area contributed by atoms with Crippen molar-refractivity contribution < 1.29 is 24.2 Å². The fourth-order valence-corrected chi connectivity index (χ4v) is 3.03. The molecule has 0 radical (unpaired) electrons. The quantitative estimate of drug-likeness (QED) is 0.327. The van der Waals surface area contributed by atoms with Gasteiger partial charge >= 0.3 is 5.97 Å². The van der Waals surface area contributed by atoms with Gasteiger partial charge in [-0.2, -0.15) is 5.10 Å². The molecule has 27 heavy (non-hydrogen) atoms. The first kappa shape index (κ1) is 21.0. The highest BCUT2D eigenvalue weighted by molar-refractivity contribution is 14.1.